The summed E-state index contributed by atoms with van der Waals surface area (Å²) >= 11 is 6.10. The second-order valence-electron chi connectivity index (χ2n) is 3.67. The van der Waals surface area contributed by atoms with Crippen LogP contribution in [-0.2, 0) is 0 Å². The third-order valence-corrected chi connectivity index (χ3v) is 2.69. The maximum atomic E-state index is 8.68. The molecule has 2 N–H and O–H groups in total. The van der Waals surface area contributed by atoms with Crippen LogP contribution in [0.3, 0.4) is 0 Å². The van der Waals surface area contributed by atoms with Gasteiger partial charge in [0.1, 0.15) is 13.1 Å². The number of benzene rings is 1. The molecule has 5 heteroatoms. The van der Waals surface area contributed by atoms with E-state index in [4.69, 9.17) is 27.9 Å². The molecule has 0 aromatic heterocycles. The molecule has 4 nitrogen and oxygen atoms in total. The Kier molecular flexibility index (Phi) is 4.78. The highest BCUT2D eigenvalue weighted by Crippen LogP contribution is 2.26. The molecular weight excluding hydrogens is 236 g/mol. The van der Waals surface area contributed by atoms with E-state index in [9.17, 15) is 0 Å². The van der Waals surface area contributed by atoms with Gasteiger partial charge in [-0.2, -0.15) is 10.5 Å². The van der Waals surface area contributed by atoms with Crippen molar-refractivity contribution in [2.45, 2.75) is 13.0 Å². The van der Waals surface area contributed by atoms with Crippen molar-refractivity contribution < 1.29 is 0 Å². The van der Waals surface area contributed by atoms with Crippen LogP contribution in [0.2, 0.25) is 5.02 Å². The first-order valence-corrected chi connectivity index (χ1v) is 5.51. The van der Waals surface area contributed by atoms with Crippen LogP contribution >= 0.6 is 11.6 Å². The SMILES string of the molecule is CC(N)c1ccc(N(CC#N)CC#N)cc1Cl. The first-order chi connectivity index (χ1) is 8.10. The van der Waals surface area contributed by atoms with Gasteiger partial charge in [0, 0.05) is 16.8 Å². The number of nitriles is 2. The van der Waals surface area contributed by atoms with Crippen LogP contribution in [0.1, 0.15) is 18.5 Å². The van der Waals surface area contributed by atoms with Crippen LogP contribution in [0.15, 0.2) is 18.2 Å². The number of nitrogens with two attached hydrogens (primary N) is 1. The van der Waals surface area contributed by atoms with Crippen molar-refractivity contribution in [3.05, 3.63) is 28.8 Å². The number of halogens is 1. The summed E-state index contributed by atoms with van der Waals surface area (Å²) in [6.07, 6.45) is 0. The summed E-state index contributed by atoms with van der Waals surface area (Å²) < 4.78 is 0. The lowest BCUT2D eigenvalue weighted by atomic mass is 10.1. The number of rotatable bonds is 4. The Morgan fingerprint density at radius 1 is 1.35 bits per heavy atom. The van der Waals surface area contributed by atoms with E-state index in [0.29, 0.717) is 5.02 Å². The summed E-state index contributed by atoms with van der Waals surface area (Å²) in [6, 6.07) is 9.26. The van der Waals surface area contributed by atoms with Gasteiger partial charge in [-0.05, 0) is 24.6 Å². The van der Waals surface area contributed by atoms with E-state index in [-0.39, 0.29) is 19.1 Å². The van der Waals surface area contributed by atoms with Gasteiger partial charge < -0.3 is 10.6 Å². The van der Waals surface area contributed by atoms with Crippen molar-refractivity contribution in [3.63, 3.8) is 0 Å². The molecule has 0 amide bonds. The van der Waals surface area contributed by atoms with Crippen LogP contribution in [0.25, 0.3) is 0 Å². The molecule has 0 radical (unpaired) electrons. The summed E-state index contributed by atoms with van der Waals surface area (Å²) in [4.78, 5) is 1.65. The van der Waals surface area contributed by atoms with Crippen molar-refractivity contribution in [2.24, 2.45) is 5.73 Å². The fraction of sp³-hybridized carbons (Fsp3) is 0.333. The third-order valence-electron chi connectivity index (χ3n) is 2.36. The Morgan fingerprint density at radius 3 is 2.35 bits per heavy atom. The first kappa shape index (κ1) is 13.3. The Labute approximate surface area is 106 Å². The third kappa shape index (κ3) is 3.35. The zero-order chi connectivity index (χ0) is 12.8. The van der Waals surface area contributed by atoms with Gasteiger partial charge in [0.15, 0.2) is 0 Å². The van der Waals surface area contributed by atoms with Crippen LogP contribution in [-0.4, -0.2) is 13.1 Å². The Morgan fingerprint density at radius 2 is 1.94 bits per heavy atom. The highest BCUT2D eigenvalue weighted by atomic mass is 35.5. The van der Waals surface area contributed by atoms with Gasteiger partial charge in [0.05, 0.1) is 12.1 Å². The van der Waals surface area contributed by atoms with Crippen molar-refractivity contribution in [1.82, 2.24) is 0 Å². The molecular formula is C12H13ClN4. The van der Waals surface area contributed by atoms with Gasteiger partial charge in [0.2, 0.25) is 0 Å². The number of anilines is 1. The Hall–Kier alpha value is -1.75. The minimum Gasteiger partial charge on any atom is -0.345 e. The molecule has 0 aliphatic carbocycles. The summed E-state index contributed by atoms with van der Waals surface area (Å²) in [5, 5.41) is 17.9. The molecule has 0 saturated heterocycles. The second-order valence-corrected chi connectivity index (χ2v) is 4.07. The quantitative estimate of drug-likeness (QED) is 0.829. The molecule has 0 aliphatic heterocycles. The van der Waals surface area contributed by atoms with Crippen LogP contribution in [0.4, 0.5) is 5.69 Å². The molecule has 88 valence electrons. The van der Waals surface area contributed by atoms with E-state index in [1.165, 1.54) is 0 Å². The number of hydrogen-bond donors (Lipinski definition) is 1. The van der Waals surface area contributed by atoms with Gasteiger partial charge in [0.25, 0.3) is 0 Å². The van der Waals surface area contributed by atoms with Crippen molar-refractivity contribution >= 4 is 17.3 Å². The predicted octanol–water partition coefficient (Wildman–Crippen LogP) is 2.21. The molecule has 1 rings (SSSR count). The molecule has 1 aromatic rings. The molecule has 1 unspecified atom stereocenters. The van der Waals surface area contributed by atoms with Crippen molar-refractivity contribution in [1.29, 1.82) is 10.5 Å². The molecule has 0 spiro atoms. The normalized spacial score (nSPS) is 11.4. The van der Waals surface area contributed by atoms with E-state index >= 15 is 0 Å². The molecule has 17 heavy (non-hydrogen) atoms. The predicted molar refractivity (Wildman–Crippen MR) is 67.5 cm³/mol. The zero-order valence-electron chi connectivity index (χ0n) is 9.52. The van der Waals surface area contributed by atoms with Crippen molar-refractivity contribution in [3.8, 4) is 12.1 Å². The lowest BCUT2D eigenvalue weighted by molar-refractivity contribution is 0.817. The Bertz CT molecular complexity index is 454. The minimum absolute atomic E-state index is 0.142. The lowest BCUT2D eigenvalue weighted by Gasteiger charge is -2.19. The average molecular weight is 249 g/mol. The molecule has 1 aromatic carbocycles. The fourth-order valence-corrected chi connectivity index (χ4v) is 1.84. The first-order valence-electron chi connectivity index (χ1n) is 5.14. The summed E-state index contributed by atoms with van der Waals surface area (Å²) in [6.45, 7) is 2.16. The number of hydrogen-bond acceptors (Lipinski definition) is 4. The van der Waals surface area contributed by atoms with E-state index in [2.05, 4.69) is 0 Å². The van der Waals surface area contributed by atoms with Crippen LogP contribution < -0.4 is 10.6 Å². The van der Waals surface area contributed by atoms with Crippen LogP contribution in [0.5, 0.6) is 0 Å². The lowest BCUT2D eigenvalue weighted by Crippen LogP contribution is -2.23. The standard InChI is InChI=1S/C12H13ClN4/c1-9(16)11-3-2-10(8-12(11)13)17(6-4-14)7-5-15/h2-3,8-9H,6-7,16H2,1H3. The van der Waals surface area contributed by atoms with Gasteiger partial charge in [-0.15, -0.1) is 0 Å². The smallest absolute Gasteiger partial charge is 0.106 e. The summed E-state index contributed by atoms with van der Waals surface area (Å²) in [5.74, 6) is 0. The molecule has 0 heterocycles. The Balaban J connectivity index is 3.03. The maximum Gasteiger partial charge on any atom is 0.106 e. The summed E-state index contributed by atoms with van der Waals surface area (Å²) in [7, 11) is 0. The van der Waals surface area contributed by atoms with E-state index < -0.39 is 0 Å². The highest BCUT2D eigenvalue weighted by molar-refractivity contribution is 6.31. The molecule has 0 aliphatic rings. The van der Waals surface area contributed by atoms with Gasteiger partial charge >= 0.3 is 0 Å². The monoisotopic (exact) mass is 248 g/mol. The highest BCUT2D eigenvalue weighted by Gasteiger charge is 2.10. The molecule has 0 fully saturated rings. The van der Waals surface area contributed by atoms with E-state index in [1.807, 2.05) is 31.2 Å². The molecule has 0 bridgehead atoms. The molecule has 0 saturated carbocycles. The molecule has 1 atom stereocenters. The summed E-state index contributed by atoms with van der Waals surface area (Å²) in [5.41, 5.74) is 7.36. The van der Waals surface area contributed by atoms with Crippen LogP contribution in [0, 0.1) is 22.7 Å². The van der Waals surface area contributed by atoms with Gasteiger partial charge in [-0.1, -0.05) is 17.7 Å². The van der Waals surface area contributed by atoms with Gasteiger partial charge in [-0.25, -0.2) is 0 Å². The van der Waals surface area contributed by atoms with E-state index in [0.717, 1.165) is 11.3 Å². The van der Waals surface area contributed by atoms with Crippen molar-refractivity contribution in [2.75, 3.05) is 18.0 Å². The average Bonchev–Trinajstić information content (AvgIpc) is 2.28. The topological polar surface area (TPSA) is 76.8 Å². The largest absolute Gasteiger partial charge is 0.345 e. The second kappa shape index (κ2) is 6.10. The maximum absolute atomic E-state index is 8.68. The minimum atomic E-state index is -0.142. The zero-order valence-corrected chi connectivity index (χ0v) is 10.3. The number of nitrogens with zero attached hydrogens (tertiary/aromatic N) is 3. The van der Waals surface area contributed by atoms with E-state index in [1.54, 1.807) is 11.0 Å². The van der Waals surface area contributed by atoms with Gasteiger partial charge in [-0.3, -0.25) is 0 Å². The fourth-order valence-electron chi connectivity index (χ4n) is 1.49.